The normalized spacial score (nSPS) is 13.4. The van der Waals surface area contributed by atoms with E-state index >= 15 is 0 Å². The van der Waals surface area contributed by atoms with Gasteiger partial charge in [0.05, 0.1) is 0 Å². The first-order valence-corrected chi connectivity index (χ1v) is 4.32. The highest BCUT2D eigenvalue weighted by Crippen LogP contribution is 2.19. The fourth-order valence-corrected chi connectivity index (χ4v) is 1.31. The van der Waals surface area contributed by atoms with Crippen LogP contribution in [0.15, 0.2) is 6.20 Å². The SMILES string of the molecule is CCCC(C)c1cnc(Cl)[nH]1. The molecule has 1 atom stereocenters. The number of imidazole rings is 1. The molecule has 1 heterocycles. The first kappa shape index (κ1) is 8.60. The highest BCUT2D eigenvalue weighted by Gasteiger charge is 2.06. The Kier molecular flexibility index (Phi) is 2.94. The number of aromatic amines is 1. The van der Waals surface area contributed by atoms with Crippen LogP contribution in [0.5, 0.6) is 0 Å². The largest absolute Gasteiger partial charge is 0.332 e. The Morgan fingerprint density at radius 2 is 2.45 bits per heavy atom. The molecule has 0 aliphatic carbocycles. The van der Waals surface area contributed by atoms with Gasteiger partial charge >= 0.3 is 0 Å². The Hall–Kier alpha value is -0.500. The van der Waals surface area contributed by atoms with Crippen LogP contribution in [-0.2, 0) is 0 Å². The minimum atomic E-state index is 0.489. The maximum absolute atomic E-state index is 5.64. The second-order valence-corrected chi connectivity index (χ2v) is 3.18. The van der Waals surface area contributed by atoms with Gasteiger partial charge in [-0.05, 0) is 23.9 Å². The number of hydrogen-bond donors (Lipinski definition) is 1. The molecule has 0 amide bonds. The van der Waals surface area contributed by atoms with Crippen LogP contribution in [0.3, 0.4) is 0 Å². The molecule has 11 heavy (non-hydrogen) atoms. The summed E-state index contributed by atoms with van der Waals surface area (Å²) in [4.78, 5) is 6.94. The standard InChI is InChI=1S/C8H13ClN2/c1-3-4-6(2)7-5-10-8(9)11-7/h5-6H,3-4H2,1-2H3,(H,10,11). The lowest BCUT2D eigenvalue weighted by Crippen LogP contribution is -1.92. The topological polar surface area (TPSA) is 28.7 Å². The summed E-state index contributed by atoms with van der Waals surface area (Å²) >= 11 is 5.64. The van der Waals surface area contributed by atoms with Gasteiger partial charge in [0.15, 0.2) is 5.28 Å². The molecule has 0 fully saturated rings. The van der Waals surface area contributed by atoms with Crippen molar-refractivity contribution in [3.8, 4) is 0 Å². The quantitative estimate of drug-likeness (QED) is 0.746. The van der Waals surface area contributed by atoms with Gasteiger partial charge in [-0.25, -0.2) is 4.98 Å². The highest BCUT2D eigenvalue weighted by molar-refractivity contribution is 6.28. The van der Waals surface area contributed by atoms with E-state index in [9.17, 15) is 0 Å². The van der Waals surface area contributed by atoms with Crippen LogP contribution in [0.2, 0.25) is 5.28 Å². The van der Waals surface area contributed by atoms with Crippen molar-refractivity contribution in [2.24, 2.45) is 0 Å². The summed E-state index contributed by atoms with van der Waals surface area (Å²) in [6.45, 7) is 4.35. The van der Waals surface area contributed by atoms with Gasteiger partial charge in [-0.15, -0.1) is 0 Å². The summed E-state index contributed by atoms with van der Waals surface area (Å²) in [7, 11) is 0. The minimum absolute atomic E-state index is 0.489. The summed E-state index contributed by atoms with van der Waals surface area (Å²) < 4.78 is 0. The molecule has 0 aliphatic heterocycles. The second-order valence-electron chi connectivity index (χ2n) is 2.82. The van der Waals surface area contributed by atoms with Crippen LogP contribution in [-0.4, -0.2) is 9.97 Å². The van der Waals surface area contributed by atoms with E-state index in [1.807, 2.05) is 6.20 Å². The fraction of sp³-hybridized carbons (Fsp3) is 0.625. The monoisotopic (exact) mass is 172 g/mol. The lowest BCUT2D eigenvalue weighted by Gasteiger charge is -2.05. The molecule has 3 heteroatoms. The molecule has 1 unspecified atom stereocenters. The van der Waals surface area contributed by atoms with Crippen LogP contribution < -0.4 is 0 Å². The Balaban J connectivity index is 2.60. The van der Waals surface area contributed by atoms with Crippen molar-refractivity contribution >= 4 is 11.6 Å². The highest BCUT2D eigenvalue weighted by atomic mass is 35.5. The molecule has 1 aromatic heterocycles. The van der Waals surface area contributed by atoms with Crippen molar-refractivity contribution in [3.63, 3.8) is 0 Å². The molecule has 1 aromatic rings. The molecule has 1 rings (SSSR count). The number of nitrogens with zero attached hydrogens (tertiary/aromatic N) is 1. The molecule has 0 aromatic carbocycles. The van der Waals surface area contributed by atoms with Gasteiger partial charge in [0.25, 0.3) is 0 Å². The number of rotatable bonds is 3. The van der Waals surface area contributed by atoms with Crippen molar-refractivity contribution < 1.29 is 0 Å². The summed E-state index contributed by atoms with van der Waals surface area (Å²) in [6.07, 6.45) is 4.18. The molecule has 2 nitrogen and oxygen atoms in total. The third kappa shape index (κ3) is 2.22. The van der Waals surface area contributed by atoms with E-state index in [4.69, 9.17) is 11.6 Å². The van der Waals surface area contributed by atoms with Crippen molar-refractivity contribution in [2.75, 3.05) is 0 Å². The van der Waals surface area contributed by atoms with Crippen LogP contribution in [0.4, 0.5) is 0 Å². The molecule has 0 saturated carbocycles. The Labute approximate surface area is 72.0 Å². The molecule has 0 radical (unpaired) electrons. The Morgan fingerprint density at radius 1 is 1.73 bits per heavy atom. The van der Waals surface area contributed by atoms with Crippen molar-refractivity contribution in [3.05, 3.63) is 17.2 Å². The predicted octanol–water partition coefficient (Wildman–Crippen LogP) is 2.97. The van der Waals surface area contributed by atoms with E-state index in [2.05, 4.69) is 23.8 Å². The smallest absolute Gasteiger partial charge is 0.200 e. The van der Waals surface area contributed by atoms with Crippen LogP contribution in [0, 0.1) is 0 Å². The first-order chi connectivity index (χ1) is 5.24. The average Bonchev–Trinajstić information content (AvgIpc) is 2.36. The van der Waals surface area contributed by atoms with Gasteiger partial charge in [0.2, 0.25) is 0 Å². The maximum Gasteiger partial charge on any atom is 0.200 e. The Morgan fingerprint density at radius 3 is 2.91 bits per heavy atom. The Bertz CT molecular complexity index is 220. The molecular formula is C8H13ClN2. The van der Waals surface area contributed by atoms with Crippen LogP contribution in [0.25, 0.3) is 0 Å². The fourth-order valence-electron chi connectivity index (χ4n) is 1.15. The zero-order valence-electron chi connectivity index (χ0n) is 6.89. The van der Waals surface area contributed by atoms with Gasteiger partial charge in [0.1, 0.15) is 0 Å². The summed E-state index contributed by atoms with van der Waals surface area (Å²) in [5.74, 6) is 0.542. The third-order valence-electron chi connectivity index (χ3n) is 1.82. The van der Waals surface area contributed by atoms with E-state index < -0.39 is 0 Å². The molecule has 1 N–H and O–H groups in total. The summed E-state index contributed by atoms with van der Waals surface area (Å²) in [5.41, 5.74) is 1.14. The van der Waals surface area contributed by atoms with Gasteiger partial charge in [-0.3, -0.25) is 0 Å². The van der Waals surface area contributed by atoms with Crippen molar-refractivity contribution in [1.29, 1.82) is 0 Å². The average molecular weight is 173 g/mol. The zero-order chi connectivity index (χ0) is 8.27. The van der Waals surface area contributed by atoms with Crippen molar-refractivity contribution in [2.45, 2.75) is 32.6 Å². The summed E-state index contributed by atoms with van der Waals surface area (Å²) in [6, 6.07) is 0. The van der Waals surface area contributed by atoms with Gasteiger partial charge in [-0.1, -0.05) is 20.3 Å². The number of halogens is 1. The van der Waals surface area contributed by atoms with Crippen LogP contribution >= 0.6 is 11.6 Å². The van der Waals surface area contributed by atoms with E-state index in [1.165, 1.54) is 12.8 Å². The molecule has 62 valence electrons. The lowest BCUT2D eigenvalue weighted by molar-refractivity contribution is 0.651. The van der Waals surface area contributed by atoms with Gasteiger partial charge < -0.3 is 4.98 Å². The molecular weight excluding hydrogens is 160 g/mol. The number of H-pyrrole nitrogens is 1. The van der Waals surface area contributed by atoms with E-state index in [-0.39, 0.29) is 0 Å². The van der Waals surface area contributed by atoms with Crippen molar-refractivity contribution in [1.82, 2.24) is 9.97 Å². The van der Waals surface area contributed by atoms with E-state index in [0.29, 0.717) is 11.2 Å². The summed E-state index contributed by atoms with van der Waals surface area (Å²) in [5, 5.41) is 0.489. The molecule has 0 bridgehead atoms. The van der Waals surface area contributed by atoms with Gasteiger partial charge in [0, 0.05) is 11.9 Å². The predicted molar refractivity (Wildman–Crippen MR) is 46.9 cm³/mol. The minimum Gasteiger partial charge on any atom is -0.332 e. The van der Waals surface area contributed by atoms with E-state index in [0.717, 1.165) is 5.69 Å². The number of hydrogen-bond acceptors (Lipinski definition) is 1. The maximum atomic E-state index is 5.64. The first-order valence-electron chi connectivity index (χ1n) is 3.94. The molecule has 0 spiro atoms. The van der Waals surface area contributed by atoms with Crippen LogP contribution in [0.1, 0.15) is 38.3 Å². The third-order valence-corrected chi connectivity index (χ3v) is 2.01. The number of aromatic nitrogens is 2. The van der Waals surface area contributed by atoms with E-state index in [1.54, 1.807) is 0 Å². The lowest BCUT2D eigenvalue weighted by atomic mass is 10.0. The molecule has 0 aliphatic rings. The number of nitrogens with one attached hydrogen (secondary N) is 1. The van der Waals surface area contributed by atoms with Gasteiger partial charge in [-0.2, -0.15) is 0 Å². The second kappa shape index (κ2) is 3.77. The zero-order valence-corrected chi connectivity index (χ0v) is 7.65. The molecule has 0 saturated heterocycles.